The third-order valence-electron chi connectivity index (χ3n) is 4.15. The second-order valence-corrected chi connectivity index (χ2v) is 6.82. The monoisotopic (exact) mass is 331 g/mol. The van der Waals surface area contributed by atoms with Crippen molar-refractivity contribution in [3.8, 4) is 0 Å². The van der Waals surface area contributed by atoms with Crippen LogP contribution >= 0.6 is 11.3 Å². The summed E-state index contributed by atoms with van der Waals surface area (Å²) in [5.41, 5.74) is 1.12. The van der Waals surface area contributed by atoms with Gasteiger partial charge >= 0.3 is 0 Å². The van der Waals surface area contributed by atoms with Gasteiger partial charge in [-0.25, -0.2) is 4.98 Å². The molecule has 0 saturated heterocycles. The van der Waals surface area contributed by atoms with E-state index in [-0.39, 0.29) is 12.5 Å². The van der Waals surface area contributed by atoms with Crippen molar-refractivity contribution in [1.29, 1.82) is 0 Å². The zero-order valence-corrected chi connectivity index (χ0v) is 13.9. The number of hydrogen-bond donors (Lipinski definition) is 3. The molecule has 5 nitrogen and oxygen atoms in total. The molecule has 1 aliphatic carbocycles. The van der Waals surface area contributed by atoms with Crippen LogP contribution < -0.4 is 10.6 Å². The molecule has 0 radical (unpaired) electrons. The fourth-order valence-corrected chi connectivity index (χ4v) is 3.81. The van der Waals surface area contributed by atoms with Crippen LogP contribution in [0.25, 0.3) is 0 Å². The van der Waals surface area contributed by atoms with Crippen LogP contribution in [0.2, 0.25) is 0 Å². The molecule has 0 saturated carbocycles. The molecule has 1 aromatic carbocycles. The average Bonchev–Trinajstić information content (AvgIpc) is 3.02. The lowest BCUT2D eigenvalue weighted by Crippen LogP contribution is -2.42. The van der Waals surface area contributed by atoms with Gasteiger partial charge in [0.25, 0.3) is 5.91 Å². The summed E-state index contributed by atoms with van der Waals surface area (Å²) in [5.74, 6) is -0.192. The maximum Gasteiger partial charge on any atom is 0.263 e. The van der Waals surface area contributed by atoms with Gasteiger partial charge in [0.2, 0.25) is 0 Å². The number of rotatable bonds is 5. The third kappa shape index (κ3) is 3.38. The van der Waals surface area contributed by atoms with E-state index in [0.717, 1.165) is 30.1 Å². The quantitative estimate of drug-likeness (QED) is 0.787. The molecule has 0 fully saturated rings. The number of aromatic nitrogens is 1. The molecule has 6 heteroatoms. The zero-order chi connectivity index (χ0) is 16.3. The van der Waals surface area contributed by atoms with Crippen LogP contribution in [0, 0.1) is 0 Å². The van der Waals surface area contributed by atoms with Gasteiger partial charge in [-0.15, -0.1) is 0 Å². The van der Waals surface area contributed by atoms with Crippen LogP contribution in [0.15, 0.2) is 30.5 Å². The van der Waals surface area contributed by atoms with Gasteiger partial charge in [0.15, 0.2) is 5.13 Å². The van der Waals surface area contributed by atoms with Crippen LogP contribution in [0.1, 0.15) is 40.6 Å². The number of anilines is 1. The summed E-state index contributed by atoms with van der Waals surface area (Å²) in [6.07, 6.45) is 4.13. The van der Waals surface area contributed by atoms with Crippen LogP contribution in [-0.2, 0) is 12.0 Å². The molecule has 3 N–H and O–H groups in total. The maximum atomic E-state index is 12.3. The first-order valence-corrected chi connectivity index (χ1v) is 8.73. The predicted molar refractivity (Wildman–Crippen MR) is 91.9 cm³/mol. The lowest BCUT2D eigenvalue weighted by Gasteiger charge is -2.34. The molecule has 0 bridgehead atoms. The molecule has 0 spiro atoms. The van der Waals surface area contributed by atoms with E-state index in [9.17, 15) is 9.90 Å². The van der Waals surface area contributed by atoms with Crippen molar-refractivity contribution >= 4 is 22.4 Å². The number of hydrogen-bond acceptors (Lipinski definition) is 5. The van der Waals surface area contributed by atoms with E-state index < -0.39 is 5.60 Å². The van der Waals surface area contributed by atoms with Gasteiger partial charge in [-0.2, -0.15) is 0 Å². The first-order valence-electron chi connectivity index (χ1n) is 7.91. The summed E-state index contributed by atoms with van der Waals surface area (Å²) in [6, 6.07) is 7.93. The van der Waals surface area contributed by atoms with Crippen molar-refractivity contribution < 1.29 is 9.90 Å². The van der Waals surface area contributed by atoms with E-state index in [0.29, 0.717) is 11.3 Å². The molecule has 3 rings (SSSR count). The molecular formula is C17H21N3O2S. The Morgan fingerprint density at radius 3 is 3.09 bits per heavy atom. The van der Waals surface area contributed by atoms with Crippen LogP contribution in [0.3, 0.4) is 0 Å². The van der Waals surface area contributed by atoms with Crippen molar-refractivity contribution in [3.63, 3.8) is 0 Å². The van der Waals surface area contributed by atoms with E-state index in [1.807, 2.05) is 31.2 Å². The van der Waals surface area contributed by atoms with Crippen molar-refractivity contribution in [1.82, 2.24) is 10.3 Å². The number of thiazole rings is 1. The number of carbonyl (C=O) groups is 1. The van der Waals surface area contributed by atoms with E-state index >= 15 is 0 Å². The van der Waals surface area contributed by atoms with Gasteiger partial charge in [-0.3, -0.25) is 4.79 Å². The topological polar surface area (TPSA) is 74.2 Å². The molecule has 1 aromatic heterocycles. The van der Waals surface area contributed by atoms with E-state index in [2.05, 4.69) is 15.6 Å². The molecule has 1 heterocycles. The van der Waals surface area contributed by atoms with Crippen LogP contribution in [-0.4, -0.2) is 29.1 Å². The average molecular weight is 331 g/mol. The summed E-state index contributed by atoms with van der Waals surface area (Å²) in [7, 11) is 0. The summed E-state index contributed by atoms with van der Waals surface area (Å²) in [5, 5.41) is 17.7. The Hall–Kier alpha value is -1.92. The Bertz CT molecular complexity index is 701. The Balaban J connectivity index is 1.69. The number of amides is 1. The first kappa shape index (κ1) is 16.0. The Morgan fingerprint density at radius 1 is 1.43 bits per heavy atom. The van der Waals surface area contributed by atoms with Crippen molar-refractivity contribution in [3.05, 3.63) is 46.5 Å². The molecule has 1 atom stereocenters. The maximum absolute atomic E-state index is 12.3. The highest BCUT2D eigenvalue weighted by atomic mass is 32.1. The number of carbonyl (C=O) groups excluding carboxylic acids is 1. The molecule has 122 valence electrons. The Kier molecular flexibility index (Phi) is 4.63. The van der Waals surface area contributed by atoms with E-state index in [1.54, 1.807) is 6.20 Å². The van der Waals surface area contributed by atoms with E-state index in [1.165, 1.54) is 16.9 Å². The van der Waals surface area contributed by atoms with E-state index in [4.69, 9.17) is 0 Å². The van der Waals surface area contributed by atoms with Crippen molar-refractivity contribution in [2.24, 2.45) is 0 Å². The largest absolute Gasteiger partial charge is 0.383 e. The van der Waals surface area contributed by atoms with Gasteiger partial charge < -0.3 is 15.7 Å². The number of aryl methyl sites for hydroxylation is 1. The molecule has 1 unspecified atom stereocenters. The second-order valence-electron chi connectivity index (χ2n) is 5.78. The summed E-state index contributed by atoms with van der Waals surface area (Å²) in [6.45, 7) is 2.97. The first-order chi connectivity index (χ1) is 11.1. The molecule has 1 amide bonds. The molecule has 2 aromatic rings. The normalized spacial score (nSPS) is 19.9. The number of benzene rings is 1. The highest BCUT2D eigenvalue weighted by molar-refractivity contribution is 7.17. The smallest absolute Gasteiger partial charge is 0.263 e. The third-order valence-corrected chi connectivity index (χ3v) is 5.11. The van der Waals surface area contributed by atoms with Crippen molar-refractivity contribution in [2.75, 3.05) is 18.4 Å². The summed E-state index contributed by atoms with van der Waals surface area (Å²) >= 11 is 1.32. The fourth-order valence-electron chi connectivity index (χ4n) is 3.01. The van der Waals surface area contributed by atoms with Crippen LogP contribution in [0.5, 0.6) is 0 Å². The number of nitrogens with zero attached hydrogens (tertiary/aromatic N) is 1. The van der Waals surface area contributed by atoms with Gasteiger partial charge in [-0.05, 0) is 37.3 Å². The SMILES string of the molecule is CCNc1ncc(C(=O)NCC2(O)CCCc3ccccc32)s1. The second kappa shape index (κ2) is 6.68. The minimum atomic E-state index is -0.986. The molecular weight excluding hydrogens is 310 g/mol. The van der Waals surface area contributed by atoms with Gasteiger partial charge in [0, 0.05) is 6.54 Å². The highest BCUT2D eigenvalue weighted by Gasteiger charge is 2.34. The predicted octanol–water partition coefficient (Wildman–Crippen LogP) is 2.53. The Labute approximate surface area is 139 Å². The van der Waals surface area contributed by atoms with Gasteiger partial charge in [0.1, 0.15) is 10.5 Å². The lowest BCUT2D eigenvalue weighted by atomic mass is 9.79. The standard InChI is InChI=1S/C17H21N3O2S/c1-2-18-16-19-10-14(23-16)15(21)20-11-17(22)9-5-7-12-6-3-4-8-13(12)17/h3-4,6,8,10,22H,2,5,7,9,11H2,1H3,(H,18,19)(H,20,21). The highest BCUT2D eigenvalue weighted by Crippen LogP contribution is 2.34. The zero-order valence-electron chi connectivity index (χ0n) is 13.1. The number of nitrogens with one attached hydrogen (secondary N) is 2. The minimum absolute atomic E-state index is 0.192. The minimum Gasteiger partial charge on any atom is -0.383 e. The lowest BCUT2D eigenvalue weighted by molar-refractivity contribution is 0.0190. The summed E-state index contributed by atoms with van der Waals surface area (Å²) < 4.78 is 0. The van der Waals surface area contributed by atoms with Gasteiger partial charge in [-0.1, -0.05) is 35.6 Å². The van der Waals surface area contributed by atoms with Crippen molar-refractivity contribution in [2.45, 2.75) is 31.8 Å². The summed E-state index contributed by atoms with van der Waals surface area (Å²) in [4.78, 5) is 17.0. The van der Waals surface area contributed by atoms with Crippen LogP contribution in [0.4, 0.5) is 5.13 Å². The Morgan fingerprint density at radius 2 is 2.26 bits per heavy atom. The number of fused-ring (bicyclic) bond motifs is 1. The fraction of sp³-hybridized carbons (Fsp3) is 0.412. The van der Waals surface area contributed by atoms with Gasteiger partial charge in [0.05, 0.1) is 12.7 Å². The number of aliphatic hydroxyl groups is 1. The molecule has 23 heavy (non-hydrogen) atoms. The molecule has 0 aliphatic heterocycles. The molecule has 1 aliphatic rings.